The maximum absolute atomic E-state index is 4.14. The topological polar surface area (TPSA) is 24.1 Å². The lowest BCUT2D eigenvalue weighted by molar-refractivity contribution is 0.308. The molecule has 0 aromatic rings. The summed E-state index contributed by atoms with van der Waals surface area (Å²) in [6.07, 6.45) is 5.02. The molecule has 0 saturated carbocycles. The van der Waals surface area contributed by atoms with Crippen molar-refractivity contribution in [2.24, 2.45) is 5.41 Å². The zero-order valence-corrected chi connectivity index (χ0v) is 8.95. The van der Waals surface area contributed by atoms with Crippen LogP contribution in [0.5, 0.6) is 0 Å². The van der Waals surface area contributed by atoms with Crippen molar-refractivity contribution >= 4 is 0 Å². The normalized spacial score (nSPS) is 27.7. The maximum Gasteiger partial charge on any atom is 0.0153 e. The lowest BCUT2D eigenvalue weighted by atomic mass is 9.77. The van der Waals surface area contributed by atoms with E-state index in [1.165, 1.54) is 31.4 Å². The quantitative estimate of drug-likeness (QED) is 0.678. The summed E-state index contributed by atoms with van der Waals surface area (Å²) in [6.45, 7) is 8.61. The highest BCUT2D eigenvalue weighted by atomic mass is 14.9. The third kappa shape index (κ3) is 2.25. The first-order chi connectivity index (χ1) is 6.25. The molecule has 2 nitrogen and oxygen atoms in total. The van der Waals surface area contributed by atoms with Gasteiger partial charge in [-0.1, -0.05) is 19.9 Å². The van der Waals surface area contributed by atoms with Crippen LogP contribution in [0.2, 0.25) is 0 Å². The van der Waals surface area contributed by atoms with Crippen molar-refractivity contribution in [3.63, 3.8) is 0 Å². The summed E-state index contributed by atoms with van der Waals surface area (Å²) in [5.41, 5.74) is 1.65. The van der Waals surface area contributed by atoms with Gasteiger partial charge in [0.05, 0.1) is 0 Å². The van der Waals surface area contributed by atoms with Crippen LogP contribution in [0.4, 0.5) is 0 Å². The molecule has 2 heteroatoms. The summed E-state index contributed by atoms with van der Waals surface area (Å²) in [5, 5.41) is 6.61. The molecule has 1 heterocycles. The van der Waals surface area contributed by atoms with Gasteiger partial charge < -0.3 is 10.6 Å². The van der Waals surface area contributed by atoms with E-state index in [0.717, 1.165) is 13.1 Å². The second-order valence-electron chi connectivity index (χ2n) is 4.04. The number of hydrogen-bond acceptors (Lipinski definition) is 2. The molecule has 1 aliphatic heterocycles. The van der Waals surface area contributed by atoms with E-state index in [1.807, 2.05) is 7.05 Å². The van der Waals surface area contributed by atoms with Crippen molar-refractivity contribution in [1.29, 1.82) is 0 Å². The lowest BCUT2D eigenvalue weighted by Gasteiger charge is -2.29. The van der Waals surface area contributed by atoms with Crippen molar-refractivity contribution in [2.75, 3.05) is 20.1 Å². The van der Waals surface area contributed by atoms with E-state index < -0.39 is 0 Å². The van der Waals surface area contributed by atoms with Crippen LogP contribution < -0.4 is 10.6 Å². The highest BCUT2D eigenvalue weighted by Crippen LogP contribution is 2.40. The second-order valence-corrected chi connectivity index (χ2v) is 4.04. The van der Waals surface area contributed by atoms with Crippen molar-refractivity contribution < 1.29 is 0 Å². The number of allylic oxidation sites excluding steroid dienone is 1. The van der Waals surface area contributed by atoms with Gasteiger partial charge in [-0.3, -0.25) is 0 Å². The molecular formula is C11H22N2. The molecule has 13 heavy (non-hydrogen) atoms. The summed E-state index contributed by atoms with van der Waals surface area (Å²) in [5.74, 6) is 0. The fourth-order valence-electron chi connectivity index (χ4n) is 2.31. The van der Waals surface area contributed by atoms with Gasteiger partial charge in [0, 0.05) is 17.7 Å². The Morgan fingerprint density at radius 3 is 2.77 bits per heavy atom. The highest BCUT2D eigenvalue weighted by Gasteiger charge is 2.35. The van der Waals surface area contributed by atoms with Gasteiger partial charge in [0.15, 0.2) is 0 Å². The van der Waals surface area contributed by atoms with Crippen molar-refractivity contribution in [3.8, 4) is 0 Å². The van der Waals surface area contributed by atoms with Gasteiger partial charge in [-0.25, -0.2) is 0 Å². The van der Waals surface area contributed by atoms with Crippen LogP contribution in [0.1, 0.15) is 32.6 Å². The van der Waals surface area contributed by atoms with Crippen LogP contribution in [-0.4, -0.2) is 20.1 Å². The van der Waals surface area contributed by atoms with E-state index in [1.54, 1.807) is 0 Å². The monoisotopic (exact) mass is 182 g/mol. The fourth-order valence-corrected chi connectivity index (χ4v) is 2.31. The minimum absolute atomic E-state index is 0.387. The van der Waals surface area contributed by atoms with Gasteiger partial charge in [-0.15, -0.1) is 0 Å². The van der Waals surface area contributed by atoms with Gasteiger partial charge in [0.1, 0.15) is 0 Å². The van der Waals surface area contributed by atoms with E-state index in [-0.39, 0.29) is 0 Å². The Balaban J connectivity index is 2.57. The molecule has 1 rings (SSSR count). The Morgan fingerprint density at radius 1 is 1.54 bits per heavy atom. The maximum atomic E-state index is 4.14. The standard InChI is InChI=1S/C11H22N2/c1-4-5-11(6-8-12-3)7-9-13-10(11)2/h12-13H,2,4-9H2,1,3H3. The summed E-state index contributed by atoms with van der Waals surface area (Å²) >= 11 is 0. The molecule has 2 N–H and O–H groups in total. The molecule has 0 aliphatic carbocycles. The molecule has 1 unspecified atom stereocenters. The van der Waals surface area contributed by atoms with Crippen LogP contribution in [0.15, 0.2) is 12.3 Å². The summed E-state index contributed by atoms with van der Waals surface area (Å²) in [7, 11) is 2.02. The molecule has 1 saturated heterocycles. The van der Waals surface area contributed by atoms with E-state index in [2.05, 4.69) is 24.1 Å². The first-order valence-corrected chi connectivity index (χ1v) is 5.33. The Hall–Kier alpha value is -0.500. The molecule has 0 amide bonds. The molecule has 0 aromatic carbocycles. The average Bonchev–Trinajstić information content (AvgIpc) is 2.46. The van der Waals surface area contributed by atoms with Crippen LogP contribution in [0.25, 0.3) is 0 Å². The number of rotatable bonds is 5. The van der Waals surface area contributed by atoms with E-state index in [0.29, 0.717) is 5.41 Å². The van der Waals surface area contributed by atoms with E-state index in [4.69, 9.17) is 0 Å². The number of nitrogens with one attached hydrogen (secondary N) is 2. The van der Waals surface area contributed by atoms with Crippen LogP contribution in [-0.2, 0) is 0 Å². The largest absolute Gasteiger partial charge is 0.388 e. The van der Waals surface area contributed by atoms with Crippen molar-refractivity contribution in [1.82, 2.24) is 10.6 Å². The number of hydrogen-bond donors (Lipinski definition) is 2. The Labute approximate surface area is 81.8 Å². The molecule has 0 aromatic heterocycles. The average molecular weight is 182 g/mol. The second kappa shape index (κ2) is 4.66. The molecule has 76 valence electrons. The minimum atomic E-state index is 0.387. The highest BCUT2D eigenvalue weighted by molar-refractivity contribution is 5.13. The third-order valence-electron chi connectivity index (χ3n) is 3.16. The van der Waals surface area contributed by atoms with E-state index in [9.17, 15) is 0 Å². The lowest BCUT2D eigenvalue weighted by Crippen LogP contribution is -2.25. The van der Waals surface area contributed by atoms with Gasteiger partial charge in [0.25, 0.3) is 0 Å². The molecular weight excluding hydrogens is 160 g/mol. The predicted molar refractivity (Wildman–Crippen MR) is 57.6 cm³/mol. The van der Waals surface area contributed by atoms with Crippen LogP contribution >= 0.6 is 0 Å². The van der Waals surface area contributed by atoms with Crippen molar-refractivity contribution in [3.05, 3.63) is 12.3 Å². The third-order valence-corrected chi connectivity index (χ3v) is 3.16. The Morgan fingerprint density at radius 2 is 2.31 bits per heavy atom. The smallest absolute Gasteiger partial charge is 0.0153 e. The fraction of sp³-hybridized carbons (Fsp3) is 0.818. The predicted octanol–water partition coefficient (Wildman–Crippen LogP) is 1.89. The molecule has 1 aliphatic rings. The van der Waals surface area contributed by atoms with Gasteiger partial charge in [-0.05, 0) is 32.9 Å². The van der Waals surface area contributed by atoms with Gasteiger partial charge in [0.2, 0.25) is 0 Å². The van der Waals surface area contributed by atoms with E-state index >= 15 is 0 Å². The summed E-state index contributed by atoms with van der Waals surface area (Å²) in [4.78, 5) is 0. The SMILES string of the molecule is C=C1NCCC1(CCC)CCNC. The first kappa shape index (κ1) is 10.6. The first-order valence-electron chi connectivity index (χ1n) is 5.33. The molecule has 0 radical (unpaired) electrons. The minimum Gasteiger partial charge on any atom is -0.388 e. The molecule has 1 atom stereocenters. The molecule has 1 fully saturated rings. The Bertz CT molecular complexity index is 177. The van der Waals surface area contributed by atoms with Crippen LogP contribution in [0.3, 0.4) is 0 Å². The Kier molecular flexibility index (Phi) is 3.79. The molecule has 0 spiro atoms. The molecule has 0 bridgehead atoms. The van der Waals surface area contributed by atoms with Gasteiger partial charge in [-0.2, -0.15) is 0 Å². The summed E-state index contributed by atoms with van der Waals surface area (Å²) < 4.78 is 0. The zero-order chi connectivity index (χ0) is 9.73. The van der Waals surface area contributed by atoms with Crippen molar-refractivity contribution in [2.45, 2.75) is 32.6 Å². The summed E-state index contributed by atoms with van der Waals surface area (Å²) in [6, 6.07) is 0. The van der Waals surface area contributed by atoms with Gasteiger partial charge >= 0.3 is 0 Å². The zero-order valence-electron chi connectivity index (χ0n) is 8.95. The van der Waals surface area contributed by atoms with Crippen LogP contribution in [0, 0.1) is 5.41 Å².